The normalized spacial score (nSPS) is 10.2. The number of carbonyl (C=O) groups is 1. The molecule has 0 fully saturated rings. The van der Waals surface area contributed by atoms with Crippen LogP contribution >= 0.6 is 0 Å². The molecular formula is C8H10N4O. The minimum atomic E-state index is -0.536. The van der Waals surface area contributed by atoms with Crippen molar-refractivity contribution in [2.24, 2.45) is 16.2 Å². The SMILES string of the molecule is NN=NC(=O)NCc1ccccc1. The summed E-state index contributed by atoms with van der Waals surface area (Å²) >= 11 is 0. The Bertz CT molecular complexity index is 296. The second kappa shape index (κ2) is 4.87. The monoisotopic (exact) mass is 178 g/mol. The van der Waals surface area contributed by atoms with Crippen LogP contribution in [-0.2, 0) is 6.54 Å². The van der Waals surface area contributed by atoms with Crippen molar-refractivity contribution in [1.82, 2.24) is 5.32 Å². The quantitative estimate of drug-likeness (QED) is 0.405. The molecule has 0 aliphatic rings. The molecule has 0 aliphatic carbocycles. The summed E-state index contributed by atoms with van der Waals surface area (Å²) in [5.74, 6) is 4.70. The van der Waals surface area contributed by atoms with Crippen molar-refractivity contribution in [2.45, 2.75) is 6.54 Å². The summed E-state index contributed by atoms with van der Waals surface area (Å²) in [7, 11) is 0. The molecule has 0 heterocycles. The number of hydrogen-bond donors (Lipinski definition) is 2. The van der Waals surface area contributed by atoms with Crippen LogP contribution < -0.4 is 11.2 Å². The average molecular weight is 178 g/mol. The molecule has 0 saturated carbocycles. The zero-order valence-corrected chi connectivity index (χ0v) is 6.97. The van der Waals surface area contributed by atoms with Gasteiger partial charge >= 0.3 is 6.03 Å². The summed E-state index contributed by atoms with van der Waals surface area (Å²) in [6, 6.07) is 8.97. The summed E-state index contributed by atoms with van der Waals surface area (Å²) in [6.45, 7) is 0.429. The molecule has 0 atom stereocenters. The van der Waals surface area contributed by atoms with Crippen molar-refractivity contribution in [2.75, 3.05) is 0 Å². The molecule has 13 heavy (non-hydrogen) atoms. The maximum absolute atomic E-state index is 10.8. The molecule has 5 heteroatoms. The third-order valence-corrected chi connectivity index (χ3v) is 1.44. The zero-order chi connectivity index (χ0) is 9.52. The van der Waals surface area contributed by atoms with Crippen LogP contribution in [0.15, 0.2) is 40.7 Å². The molecular weight excluding hydrogens is 168 g/mol. The Kier molecular flexibility index (Phi) is 3.44. The number of urea groups is 1. The van der Waals surface area contributed by atoms with Gasteiger partial charge in [0.25, 0.3) is 0 Å². The molecule has 2 amide bonds. The second-order valence-electron chi connectivity index (χ2n) is 2.36. The molecule has 0 saturated heterocycles. The molecule has 1 aromatic carbocycles. The van der Waals surface area contributed by atoms with Crippen LogP contribution in [0.5, 0.6) is 0 Å². The summed E-state index contributed by atoms with van der Waals surface area (Å²) in [5.41, 5.74) is 1.00. The van der Waals surface area contributed by atoms with Gasteiger partial charge < -0.3 is 11.2 Å². The van der Waals surface area contributed by atoms with E-state index < -0.39 is 6.03 Å². The Morgan fingerprint density at radius 3 is 2.69 bits per heavy atom. The third-order valence-electron chi connectivity index (χ3n) is 1.44. The van der Waals surface area contributed by atoms with Crippen molar-refractivity contribution in [3.05, 3.63) is 35.9 Å². The standard InChI is InChI=1S/C8H10N4O/c9-12-11-8(13)10-6-7-4-2-1-3-5-7/h1-5H,6H2,(H3,9,10,11,13). The van der Waals surface area contributed by atoms with Crippen molar-refractivity contribution >= 4 is 6.03 Å². The van der Waals surface area contributed by atoms with Gasteiger partial charge in [-0.3, -0.25) is 0 Å². The zero-order valence-electron chi connectivity index (χ0n) is 6.97. The lowest BCUT2D eigenvalue weighted by Crippen LogP contribution is -2.18. The van der Waals surface area contributed by atoms with E-state index in [2.05, 4.69) is 15.7 Å². The Morgan fingerprint density at radius 1 is 1.38 bits per heavy atom. The van der Waals surface area contributed by atoms with Crippen LogP contribution in [0.1, 0.15) is 5.56 Å². The predicted octanol–water partition coefficient (Wildman–Crippen LogP) is 1.22. The fourth-order valence-electron chi connectivity index (χ4n) is 0.861. The molecule has 0 unspecified atom stereocenters. The number of nitrogens with two attached hydrogens (primary N) is 1. The van der Waals surface area contributed by atoms with Crippen molar-refractivity contribution in [1.29, 1.82) is 0 Å². The Labute approximate surface area is 75.6 Å². The average Bonchev–Trinajstić information content (AvgIpc) is 2.17. The van der Waals surface area contributed by atoms with Crippen LogP contribution in [0.4, 0.5) is 4.79 Å². The van der Waals surface area contributed by atoms with E-state index >= 15 is 0 Å². The van der Waals surface area contributed by atoms with Gasteiger partial charge in [-0.1, -0.05) is 40.7 Å². The van der Waals surface area contributed by atoms with Gasteiger partial charge in [-0.15, -0.1) is 0 Å². The molecule has 1 rings (SSSR count). The topological polar surface area (TPSA) is 79.8 Å². The van der Waals surface area contributed by atoms with Gasteiger partial charge in [0.05, 0.1) is 0 Å². The number of rotatable bonds is 2. The highest BCUT2D eigenvalue weighted by Crippen LogP contribution is 1.96. The van der Waals surface area contributed by atoms with E-state index in [1.165, 1.54) is 0 Å². The summed E-state index contributed by atoms with van der Waals surface area (Å²) in [5, 5.41) is 8.47. The van der Waals surface area contributed by atoms with E-state index in [1.807, 2.05) is 30.3 Å². The van der Waals surface area contributed by atoms with E-state index in [0.717, 1.165) is 5.56 Å². The number of hydrogen-bond acceptors (Lipinski definition) is 2. The minimum absolute atomic E-state index is 0.429. The lowest BCUT2D eigenvalue weighted by Gasteiger charge is -1.99. The highest BCUT2D eigenvalue weighted by Gasteiger charge is 1.96. The van der Waals surface area contributed by atoms with Crippen molar-refractivity contribution < 1.29 is 4.79 Å². The van der Waals surface area contributed by atoms with Crippen LogP contribution in [0, 0.1) is 0 Å². The van der Waals surface area contributed by atoms with Crippen LogP contribution in [0.25, 0.3) is 0 Å². The van der Waals surface area contributed by atoms with E-state index in [1.54, 1.807) is 0 Å². The molecule has 0 bridgehead atoms. The first kappa shape index (κ1) is 9.18. The van der Waals surface area contributed by atoms with E-state index in [9.17, 15) is 4.79 Å². The van der Waals surface area contributed by atoms with Gasteiger partial charge in [-0.25, -0.2) is 4.79 Å². The van der Waals surface area contributed by atoms with E-state index in [-0.39, 0.29) is 0 Å². The smallest absolute Gasteiger partial charge is 0.331 e. The highest BCUT2D eigenvalue weighted by molar-refractivity contribution is 5.74. The Balaban J connectivity index is 2.40. The first-order chi connectivity index (χ1) is 6.33. The minimum Gasteiger partial charge on any atom is -0.331 e. The lowest BCUT2D eigenvalue weighted by atomic mass is 10.2. The number of benzene rings is 1. The van der Waals surface area contributed by atoms with Gasteiger partial charge in [0.2, 0.25) is 0 Å². The number of nitrogens with one attached hydrogen (secondary N) is 1. The van der Waals surface area contributed by atoms with Crippen molar-refractivity contribution in [3.63, 3.8) is 0 Å². The highest BCUT2D eigenvalue weighted by atomic mass is 16.2. The predicted molar refractivity (Wildman–Crippen MR) is 47.7 cm³/mol. The number of nitrogens with zero attached hydrogens (tertiary/aromatic N) is 2. The second-order valence-corrected chi connectivity index (χ2v) is 2.36. The first-order valence-corrected chi connectivity index (χ1v) is 3.75. The molecule has 0 radical (unpaired) electrons. The third kappa shape index (κ3) is 3.33. The molecule has 0 aromatic heterocycles. The summed E-state index contributed by atoms with van der Waals surface area (Å²) in [6.07, 6.45) is 0. The van der Waals surface area contributed by atoms with E-state index in [0.29, 0.717) is 6.54 Å². The molecule has 68 valence electrons. The fourth-order valence-corrected chi connectivity index (χ4v) is 0.861. The van der Waals surface area contributed by atoms with Gasteiger partial charge in [-0.2, -0.15) is 0 Å². The maximum atomic E-state index is 10.8. The first-order valence-electron chi connectivity index (χ1n) is 3.75. The van der Waals surface area contributed by atoms with Crippen LogP contribution in [0.3, 0.4) is 0 Å². The molecule has 0 spiro atoms. The largest absolute Gasteiger partial charge is 0.361 e. The number of carbonyl (C=O) groups excluding carboxylic acids is 1. The number of amides is 2. The fraction of sp³-hybridized carbons (Fsp3) is 0.125. The molecule has 1 aromatic rings. The van der Waals surface area contributed by atoms with Crippen molar-refractivity contribution in [3.8, 4) is 0 Å². The molecule has 3 N–H and O–H groups in total. The van der Waals surface area contributed by atoms with Gasteiger partial charge in [0, 0.05) is 6.54 Å². The Morgan fingerprint density at radius 2 is 2.08 bits per heavy atom. The Hall–Kier alpha value is -1.91. The maximum Gasteiger partial charge on any atom is 0.361 e. The van der Waals surface area contributed by atoms with E-state index in [4.69, 9.17) is 5.84 Å². The molecule has 0 aliphatic heterocycles. The lowest BCUT2D eigenvalue weighted by molar-refractivity contribution is 0.247. The van der Waals surface area contributed by atoms with Gasteiger partial charge in [-0.05, 0) is 5.56 Å². The van der Waals surface area contributed by atoms with Crippen LogP contribution in [0.2, 0.25) is 0 Å². The van der Waals surface area contributed by atoms with Gasteiger partial charge in [0.1, 0.15) is 0 Å². The van der Waals surface area contributed by atoms with Gasteiger partial charge in [0.15, 0.2) is 0 Å². The summed E-state index contributed by atoms with van der Waals surface area (Å²) < 4.78 is 0. The van der Waals surface area contributed by atoms with Crippen LogP contribution in [-0.4, -0.2) is 6.03 Å². The summed E-state index contributed by atoms with van der Waals surface area (Å²) in [4.78, 5) is 10.8. The molecule has 5 nitrogen and oxygen atoms in total.